The first-order valence-electron chi connectivity index (χ1n) is 14.1. The number of benzene rings is 2. The Labute approximate surface area is 240 Å². The maximum Gasteiger partial charge on any atom is 0.250 e. The number of halogens is 1. The second-order valence-corrected chi connectivity index (χ2v) is 12.2. The van der Waals surface area contributed by atoms with Gasteiger partial charge in [0.05, 0.1) is 40.8 Å². The van der Waals surface area contributed by atoms with Gasteiger partial charge < -0.3 is 25.4 Å². The maximum absolute atomic E-state index is 14.4. The molecule has 2 unspecified atom stereocenters. The summed E-state index contributed by atoms with van der Waals surface area (Å²) in [5.74, 6) is -2.51. The van der Waals surface area contributed by atoms with E-state index in [4.69, 9.17) is 16.3 Å². The van der Waals surface area contributed by atoms with Crippen molar-refractivity contribution in [2.45, 2.75) is 76.7 Å². The van der Waals surface area contributed by atoms with E-state index in [-0.39, 0.29) is 24.3 Å². The first-order chi connectivity index (χ1) is 19.1. The smallest absolute Gasteiger partial charge is 0.250 e. The molecule has 3 heterocycles. The van der Waals surface area contributed by atoms with Gasteiger partial charge in [0, 0.05) is 5.69 Å². The number of amides is 3. The Hall–Kier alpha value is -2.94. The monoisotopic (exact) mass is 567 g/mol. The van der Waals surface area contributed by atoms with Crippen LogP contribution in [0.25, 0.3) is 0 Å². The van der Waals surface area contributed by atoms with Crippen molar-refractivity contribution < 1.29 is 24.2 Å². The summed E-state index contributed by atoms with van der Waals surface area (Å²) in [6.07, 6.45) is 2.04. The minimum Gasteiger partial charge on any atom is -0.394 e. The molecule has 3 amide bonds. The third kappa shape index (κ3) is 4.50. The molecule has 3 aliphatic heterocycles. The average Bonchev–Trinajstić information content (AvgIpc) is 3.53. The summed E-state index contributed by atoms with van der Waals surface area (Å²) >= 11 is 6.46. The fraction of sp³-hybridized carbons (Fsp3) is 0.516. The highest BCUT2D eigenvalue weighted by molar-refractivity contribution is 6.34. The first kappa shape index (κ1) is 28.6. The van der Waals surface area contributed by atoms with Crippen LogP contribution < -0.4 is 10.6 Å². The number of likely N-dealkylation sites (tertiary alicyclic amines) is 1. The van der Waals surface area contributed by atoms with E-state index < -0.39 is 41.0 Å². The molecule has 5 rings (SSSR count). The molecule has 40 heavy (non-hydrogen) atoms. The molecule has 6 atom stereocenters. The number of aliphatic hydroxyl groups is 1. The van der Waals surface area contributed by atoms with E-state index in [1.54, 1.807) is 24.3 Å². The summed E-state index contributed by atoms with van der Waals surface area (Å²) in [6, 6.07) is 12.9. The Morgan fingerprint density at radius 3 is 2.45 bits per heavy atom. The van der Waals surface area contributed by atoms with Crippen LogP contribution in [0.3, 0.4) is 0 Å². The van der Waals surface area contributed by atoms with Crippen molar-refractivity contribution >= 4 is 40.7 Å². The molecule has 1 spiro atoms. The molecule has 2 aromatic rings. The Balaban J connectivity index is 1.59. The molecule has 3 aliphatic rings. The largest absolute Gasteiger partial charge is 0.394 e. The zero-order valence-electron chi connectivity index (χ0n) is 23.4. The van der Waals surface area contributed by atoms with Gasteiger partial charge in [0.25, 0.3) is 0 Å². The molecular weight excluding hydrogens is 530 g/mol. The van der Waals surface area contributed by atoms with Crippen molar-refractivity contribution in [3.05, 3.63) is 59.1 Å². The predicted molar refractivity (Wildman–Crippen MR) is 154 cm³/mol. The number of anilines is 2. The summed E-state index contributed by atoms with van der Waals surface area (Å²) < 4.78 is 6.83. The Morgan fingerprint density at radius 1 is 1.10 bits per heavy atom. The normalized spacial score (nSPS) is 29.5. The fourth-order valence-corrected chi connectivity index (χ4v) is 7.56. The van der Waals surface area contributed by atoms with E-state index >= 15 is 0 Å². The molecule has 2 bridgehead atoms. The van der Waals surface area contributed by atoms with E-state index in [2.05, 4.69) is 10.6 Å². The predicted octanol–water partition coefficient (Wildman–Crippen LogP) is 4.79. The minimum atomic E-state index is -1.20. The highest BCUT2D eigenvalue weighted by Gasteiger charge is 2.79. The van der Waals surface area contributed by atoms with Gasteiger partial charge in [-0.3, -0.25) is 14.4 Å². The van der Waals surface area contributed by atoms with Crippen molar-refractivity contribution in [3.8, 4) is 0 Å². The summed E-state index contributed by atoms with van der Waals surface area (Å²) in [7, 11) is 0. The van der Waals surface area contributed by atoms with Crippen LogP contribution in [0.5, 0.6) is 0 Å². The zero-order chi connectivity index (χ0) is 28.8. The molecular formula is C31H38ClN3O5. The summed E-state index contributed by atoms with van der Waals surface area (Å²) in [5, 5.41) is 16.8. The van der Waals surface area contributed by atoms with Gasteiger partial charge in [-0.2, -0.15) is 0 Å². The molecule has 214 valence electrons. The van der Waals surface area contributed by atoms with Crippen LogP contribution in [0.2, 0.25) is 5.02 Å². The van der Waals surface area contributed by atoms with Gasteiger partial charge in [-0.1, -0.05) is 62.7 Å². The lowest BCUT2D eigenvalue weighted by molar-refractivity contribution is -0.148. The Kier molecular flexibility index (Phi) is 7.72. The van der Waals surface area contributed by atoms with E-state index in [0.717, 1.165) is 5.56 Å². The number of rotatable bonds is 9. The number of hydrogen-bond donors (Lipinski definition) is 3. The number of fused-ring (bicyclic) bond motifs is 1. The van der Waals surface area contributed by atoms with Gasteiger partial charge in [-0.15, -0.1) is 0 Å². The van der Waals surface area contributed by atoms with Gasteiger partial charge in [0.2, 0.25) is 17.7 Å². The van der Waals surface area contributed by atoms with Crippen LogP contribution in [-0.4, -0.2) is 57.6 Å². The van der Waals surface area contributed by atoms with Crippen molar-refractivity contribution in [1.82, 2.24) is 4.90 Å². The summed E-state index contributed by atoms with van der Waals surface area (Å²) in [6.45, 7) is 7.52. The number of aryl methyl sites for hydroxylation is 1. The lowest BCUT2D eigenvalue weighted by Gasteiger charge is -2.38. The number of carbonyl (C=O) groups is 3. The molecule has 3 N–H and O–H groups in total. The van der Waals surface area contributed by atoms with Gasteiger partial charge in [0.15, 0.2) is 0 Å². The van der Waals surface area contributed by atoms with Crippen molar-refractivity contribution in [1.29, 1.82) is 0 Å². The van der Waals surface area contributed by atoms with Gasteiger partial charge in [-0.05, 0) is 62.3 Å². The fourth-order valence-electron chi connectivity index (χ4n) is 7.29. The molecule has 0 aliphatic carbocycles. The molecule has 0 aromatic heterocycles. The van der Waals surface area contributed by atoms with Crippen molar-refractivity contribution in [2.75, 3.05) is 17.2 Å². The van der Waals surface area contributed by atoms with Gasteiger partial charge in [0.1, 0.15) is 11.6 Å². The maximum atomic E-state index is 14.4. The number of carbonyl (C=O) groups excluding carboxylic acids is 3. The van der Waals surface area contributed by atoms with Gasteiger partial charge in [-0.25, -0.2) is 0 Å². The molecule has 9 heteroatoms. The Bertz CT molecular complexity index is 1280. The molecule has 3 fully saturated rings. The SMILES string of the molecule is CC[C@]12CCC3(O1)C(C(=O)Nc1c(C)cccc1Cl)N([C@@H](CO)CC(C)C)C(=O)[C@@H]3[C@H]2C(=O)Nc1ccccc1. The highest BCUT2D eigenvalue weighted by Crippen LogP contribution is 2.64. The quantitative estimate of drug-likeness (QED) is 0.404. The van der Waals surface area contributed by atoms with E-state index in [0.29, 0.717) is 42.1 Å². The van der Waals surface area contributed by atoms with Crippen molar-refractivity contribution in [3.63, 3.8) is 0 Å². The van der Waals surface area contributed by atoms with Crippen LogP contribution in [0.4, 0.5) is 11.4 Å². The Morgan fingerprint density at radius 2 is 1.82 bits per heavy atom. The van der Waals surface area contributed by atoms with Gasteiger partial charge >= 0.3 is 0 Å². The van der Waals surface area contributed by atoms with E-state index in [1.165, 1.54) is 4.90 Å². The van der Waals surface area contributed by atoms with Crippen molar-refractivity contribution in [2.24, 2.45) is 17.8 Å². The van der Waals surface area contributed by atoms with Crippen LogP contribution in [0.15, 0.2) is 48.5 Å². The second-order valence-electron chi connectivity index (χ2n) is 11.8. The summed E-state index contributed by atoms with van der Waals surface area (Å²) in [4.78, 5) is 44.1. The lowest BCUT2D eigenvalue weighted by Crippen LogP contribution is -2.56. The first-order valence-corrected chi connectivity index (χ1v) is 14.5. The highest BCUT2D eigenvalue weighted by atomic mass is 35.5. The van der Waals surface area contributed by atoms with Crippen LogP contribution in [-0.2, 0) is 19.1 Å². The zero-order valence-corrected chi connectivity index (χ0v) is 24.2. The lowest BCUT2D eigenvalue weighted by atomic mass is 9.65. The minimum absolute atomic E-state index is 0.161. The van der Waals surface area contributed by atoms with E-state index in [9.17, 15) is 19.5 Å². The van der Waals surface area contributed by atoms with E-state index in [1.807, 2.05) is 52.0 Å². The molecule has 2 aromatic carbocycles. The van der Waals surface area contributed by atoms with Crippen LogP contribution in [0, 0.1) is 24.7 Å². The molecule has 0 saturated carbocycles. The third-order valence-corrected chi connectivity index (χ3v) is 9.32. The second kappa shape index (κ2) is 10.8. The number of hydrogen-bond acceptors (Lipinski definition) is 5. The number of aliphatic hydroxyl groups excluding tert-OH is 1. The number of ether oxygens (including phenoxy) is 1. The standard InChI is InChI=1S/C31H38ClN3O5/c1-5-30-14-15-31(40-30)24(23(30)27(37)33-20-11-7-6-8-12-20)29(39)35(21(17-36)16-18(2)3)26(31)28(38)34-25-19(4)10-9-13-22(25)32/h6-13,18,21,23-24,26,36H,5,14-17H2,1-4H3,(H,33,37)(H,34,38)/t21-,23+,24+,26?,30-,31?/m1/s1. The summed E-state index contributed by atoms with van der Waals surface area (Å²) in [5.41, 5.74) is -0.170. The van der Waals surface area contributed by atoms with Crippen LogP contribution in [0.1, 0.15) is 52.0 Å². The van der Waals surface area contributed by atoms with Crippen LogP contribution >= 0.6 is 11.6 Å². The number of para-hydroxylation sites is 2. The molecule has 8 nitrogen and oxygen atoms in total. The number of nitrogens with zero attached hydrogens (tertiary/aromatic N) is 1. The average molecular weight is 568 g/mol. The topological polar surface area (TPSA) is 108 Å². The molecule has 3 saturated heterocycles. The number of nitrogens with one attached hydrogen (secondary N) is 2. The third-order valence-electron chi connectivity index (χ3n) is 9.01. The molecule has 0 radical (unpaired) electrons.